The molecule has 99 valence electrons. The molecule has 0 unspecified atom stereocenters. The van der Waals surface area contributed by atoms with E-state index in [4.69, 9.17) is 28.3 Å². The van der Waals surface area contributed by atoms with Gasteiger partial charge < -0.3 is 4.98 Å². The predicted octanol–water partition coefficient (Wildman–Crippen LogP) is 5.29. The van der Waals surface area contributed by atoms with E-state index in [9.17, 15) is 0 Å². The van der Waals surface area contributed by atoms with Gasteiger partial charge in [-0.15, -0.1) is 19.8 Å². The summed E-state index contributed by atoms with van der Waals surface area (Å²) < 4.78 is 0. The molecule has 0 aromatic carbocycles. The molecular weight excluding hydrogens is 381 g/mol. The van der Waals surface area contributed by atoms with Crippen molar-refractivity contribution in [2.75, 3.05) is 6.54 Å². The second kappa shape index (κ2) is 13.4. The summed E-state index contributed by atoms with van der Waals surface area (Å²) in [5.74, 6) is 3.95. The standard InChI is InChI=1S/C10H16N2P.3ClH.Mo/c1-2-3-4-5-6-11-7-10-8-13-9-12-10;;;;/h7-9H,2-6H2,1H3;3*1H;/q-1;;;;+3/p-3. The van der Waals surface area contributed by atoms with Gasteiger partial charge in [-0.05, 0) is 12.2 Å². The molecule has 0 bridgehead atoms. The normalized spacial score (nSPS) is 11.1. The molecule has 17 heavy (non-hydrogen) atoms. The minimum absolute atomic E-state index is 0.948. The molecule has 0 aliphatic rings. The van der Waals surface area contributed by atoms with Crippen LogP contribution in [0.25, 0.3) is 0 Å². The number of nitrogens with zero attached hydrogens (tertiary/aromatic N) is 2. The van der Waals surface area contributed by atoms with Crippen molar-refractivity contribution < 1.29 is 14.2 Å². The number of aliphatic imine (C=N–C) groups is 1. The van der Waals surface area contributed by atoms with E-state index >= 15 is 0 Å². The summed E-state index contributed by atoms with van der Waals surface area (Å²) in [6, 6.07) is 0. The van der Waals surface area contributed by atoms with Crippen molar-refractivity contribution in [2.45, 2.75) is 32.6 Å². The topological polar surface area (TPSA) is 26.5 Å². The number of unbranched alkanes of at least 4 members (excludes halogenated alkanes) is 3. The Morgan fingerprint density at radius 1 is 1.35 bits per heavy atom. The molecule has 0 saturated carbocycles. The Labute approximate surface area is 123 Å². The van der Waals surface area contributed by atoms with Crippen LogP contribution in [-0.2, 0) is 14.2 Å². The van der Waals surface area contributed by atoms with Gasteiger partial charge in [0.05, 0.1) is 0 Å². The predicted molar refractivity (Wildman–Crippen MR) is 76.4 cm³/mol. The van der Waals surface area contributed by atoms with Crippen LogP contribution in [0.1, 0.15) is 38.3 Å². The van der Waals surface area contributed by atoms with Crippen LogP contribution < -0.4 is 4.98 Å². The van der Waals surface area contributed by atoms with Crippen LogP contribution in [0.15, 0.2) is 16.7 Å². The number of halogens is 3. The Bertz CT molecular complexity index is 278. The Kier molecular flexibility index (Phi) is 14.1. The summed E-state index contributed by atoms with van der Waals surface area (Å²) in [6.07, 6.45) is 7.00. The van der Waals surface area contributed by atoms with Crippen molar-refractivity contribution in [1.29, 1.82) is 0 Å². The number of hydrogen-bond donors (Lipinski definition) is 0. The first kappa shape index (κ1) is 17.9. The van der Waals surface area contributed by atoms with Crippen LogP contribution >= 0.6 is 36.4 Å². The summed E-state index contributed by atoms with van der Waals surface area (Å²) in [7, 11) is 16.1. The van der Waals surface area contributed by atoms with Gasteiger partial charge in [0.15, 0.2) is 0 Å². The molecule has 0 N–H and O–H groups in total. The average Bonchev–Trinajstić information content (AvgIpc) is 2.75. The zero-order chi connectivity index (χ0) is 12.9. The van der Waals surface area contributed by atoms with Crippen LogP contribution in [0.4, 0.5) is 0 Å². The zero-order valence-corrected chi connectivity index (χ0v) is 14.8. The monoisotopic (exact) mass is 398 g/mol. The molecule has 0 fully saturated rings. The third-order valence-corrected chi connectivity index (χ3v) is 2.51. The van der Waals surface area contributed by atoms with Crippen molar-refractivity contribution >= 4 is 42.7 Å². The number of hydrogen-bond acceptors (Lipinski definition) is 1. The molecule has 2 nitrogen and oxygen atoms in total. The van der Waals surface area contributed by atoms with Crippen LogP contribution in [0.3, 0.4) is 0 Å². The van der Waals surface area contributed by atoms with Gasteiger partial charge in [-0.2, -0.15) is 0 Å². The molecular formula is C10H16Cl3MoN2P-. The summed E-state index contributed by atoms with van der Waals surface area (Å²) >= 11 is -1.94. The molecule has 1 rings (SSSR count). The Morgan fingerprint density at radius 3 is 2.59 bits per heavy atom. The fourth-order valence-electron chi connectivity index (χ4n) is 1.10. The van der Waals surface area contributed by atoms with Crippen LogP contribution in [0.5, 0.6) is 0 Å². The average molecular weight is 398 g/mol. The molecule has 0 spiro atoms. The molecule has 1 aromatic heterocycles. The molecule has 0 aliphatic carbocycles. The first-order valence-corrected chi connectivity index (χ1v) is 14.1. The maximum absolute atomic E-state index is 4.98. The third-order valence-electron chi connectivity index (χ3n) is 1.84. The van der Waals surface area contributed by atoms with Gasteiger partial charge in [-0.1, -0.05) is 26.2 Å². The van der Waals surface area contributed by atoms with Crippen LogP contribution in [-0.4, -0.2) is 12.8 Å². The summed E-state index contributed by atoms with van der Waals surface area (Å²) in [5.41, 5.74) is 1.01. The maximum atomic E-state index is 4.98. The molecule has 0 aliphatic heterocycles. The Balaban J connectivity index is 0.000000557. The SMILES string of the molecule is CCCCCCN=Cc1cpc[n-]1.[Cl][Mo]([Cl])[Cl]. The minimum atomic E-state index is -1.94. The zero-order valence-electron chi connectivity index (χ0n) is 9.65. The summed E-state index contributed by atoms with van der Waals surface area (Å²) in [6.45, 7) is 3.17. The van der Waals surface area contributed by atoms with Crippen LogP contribution in [0.2, 0.25) is 0 Å². The molecule has 0 saturated heterocycles. The van der Waals surface area contributed by atoms with Crippen molar-refractivity contribution in [3.05, 3.63) is 17.4 Å². The third kappa shape index (κ3) is 14.9. The number of aromatic nitrogens is 1. The van der Waals surface area contributed by atoms with Gasteiger partial charge in [-0.25, -0.2) is 0 Å². The van der Waals surface area contributed by atoms with E-state index < -0.39 is 14.2 Å². The first-order valence-electron chi connectivity index (χ1n) is 5.32. The molecule has 0 atom stereocenters. The van der Waals surface area contributed by atoms with Gasteiger partial charge in [0.25, 0.3) is 0 Å². The Hall–Kier alpha value is 0.938. The summed E-state index contributed by atoms with van der Waals surface area (Å²) in [5, 5.41) is 0. The van der Waals surface area contributed by atoms with Gasteiger partial charge in [0.2, 0.25) is 0 Å². The van der Waals surface area contributed by atoms with E-state index in [1.807, 2.05) is 12.1 Å². The van der Waals surface area contributed by atoms with E-state index in [1.54, 1.807) is 0 Å². The fraction of sp³-hybridized carbons (Fsp3) is 0.600. The van der Waals surface area contributed by atoms with Crippen LogP contribution in [0, 0.1) is 0 Å². The molecule has 0 radical (unpaired) electrons. The second-order valence-corrected chi connectivity index (χ2v) is 13.1. The van der Waals surface area contributed by atoms with E-state index in [0.717, 1.165) is 12.2 Å². The summed E-state index contributed by atoms with van der Waals surface area (Å²) in [4.78, 5) is 8.46. The second-order valence-electron chi connectivity index (χ2n) is 3.22. The van der Waals surface area contributed by atoms with Crippen molar-refractivity contribution in [3.8, 4) is 0 Å². The molecule has 7 heteroatoms. The van der Waals surface area contributed by atoms with Crippen molar-refractivity contribution in [1.82, 2.24) is 4.98 Å². The Morgan fingerprint density at radius 2 is 2.06 bits per heavy atom. The fourth-order valence-corrected chi connectivity index (χ4v) is 1.65. The van der Waals surface area contributed by atoms with Crippen molar-refractivity contribution in [3.63, 3.8) is 0 Å². The molecule has 0 amide bonds. The van der Waals surface area contributed by atoms with Gasteiger partial charge in [0, 0.05) is 12.8 Å². The number of rotatable bonds is 6. The first-order chi connectivity index (χ1) is 8.16. The van der Waals surface area contributed by atoms with Gasteiger partial charge in [0.1, 0.15) is 0 Å². The van der Waals surface area contributed by atoms with E-state index in [-0.39, 0.29) is 0 Å². The van der Waals surface area contributed by atoms with E-state index in [0.29, 0.717) is 0 Å². The van der Waals surface area contributed by atoms with Crippen molar-refractivity contribution in [2.24, 2.45) is 4.99 Å². The quantitative estimate of drug-likeness (QED) is 0.364. The van der Waals surface area contributed by atoms with E-state index in [2.05, 4.69) is 22.7 Å². The van der Waals surface area contributed by atoms with E-state index in [1.165, 1.54) is 33.9 Å². The van der Waals surface area contributed by atoms with Gasteiger partial charge >= 0.3 is 42.4 Å². The molecule has 1 aromatic rings. The van der Waals surface area contributed by atoms with Gasteiger partial charge in [-0.3, -0.25) is 4.99 Å². The molecule has 1 heterocycles.